The standard InChI is InChI=1S/C18H23FN2/c1-5-15(17-11-10-13(19)12-20-17)21-16-9-7-6-8-14(16)18(2,3)4/h6-12,15,21H,5H2,1-4H3. The molecule has 0 amide bonds. The van der Waals surface area contributed by atoms with Crippen LogP contribution in [0.25, 0.3) is 0 Å². The van der Waals surface area contributed by atoms with E-state index in [0.29, 0.717) is 0 Å². The number of hydrogen-bond donors (Lipinski definition) is 1. The number of nitrogens with zero attached hydrogens (tertiary/aromatic N) is 1. The Morgan fingerprint density at radius 2 is 1.86 bits per heavy atom. The zero-order chi connectivity index (χ0) is 15.5. The van der Waals surface area contributed by atoms with E-state index in [1.807, 2.05) is 6.07 Å². The molecule has 0 bridgehead atoms. The summed E-state index contributed by atoms with van der Waals surface area (Å²) < 4.78 is 13.0. The highest BCUT2D eigenvalue weighted by molar-refractivity contribution is 5.55. The fourth-order valence-electron chi connectivity index (χ4n) is 2.43. The molecule has 1 aromatic heterocycles. The molecule has 21 heavy (non-hydrogen) atoms. The fourth-order valence-corrected chi connectivity index (χ4v) is 2.43. The maximum atomic E-state index is 13.0. The molecule has 112 valence electrons. The van der Waals surface area contributed by atoms with E-state index in [1.165, 1.54) is 17.8 Å². The van der Waals surface area contributed by atoms with Crippen LogP contribution < -0.4 is 5.32 Å². The van der Waals surface area contributed by atoms with Crippen LogP contribution in [0.4, 0.5) is 10.1 Å². The van der Waals surface area contributed by atoms with E-state index in [2.05, 4.69) is 56.2 Å². The van der Waals surface area contributed by atoms with E-state index in [1.54, 1.807) is 6.07 Å². The number of aromatic nitrogens is 1. The Morgan fingerprint density at radius 3 is 2.43 bits per heavy atom. The van der Waals surface area contributed by atoms with Crippen molar-refractivity contribution in [1.29, 1.82) is 0 Å². The zero-order valence-electron chi connectivity index (χ0n) is 13.2. The average Bonchev–Trinajstić information content (AvgIpc) is 2.45. The maximum Gasteiger partial charge on any atom is 0.141 e. The summed E-state index contributed by atoms with van der Waals surface area (Å²) in [4.78, 5) is 4.20. The van der Waals surface area contributed by atoms with Gasteiger partial charge in [-0.1, -0.05) is 45.9 Å². The first kappa shape index (κ1) is 15.5. The fraction of sp³-hybridized carbons (Fsp3) is 0.389. The molecular formula is C18H23FN2. The van der Waals surface area contributed by atoms with Crippen LogP contribution >= 0.6 is 0 Å². The summed E-state index contributed by atoms with van der Waals surface area (Å²) in [5.41, 5.74) is 3.31. The van der Waals surface area contributed by atoms with Gasteiger partial charge in [-0.2, -0.15) is 0 Å². The van der Waals surface area contributed by atoms with Gasteiger partial charge < -0.3 is 5.32 Å². The van der Waals surface area contributed by atoms with Crippen LogP contribution in [0.15, 0.2) is 42.6 Å². The van der Waals surface area contributed by atoms with Crippen molar-refractivity contribution in [3.05, 3.63) is 59.7 Å². The first-order valence-corrected chi connectivity index (χ1v) is 7.39. The van der Waals surface area contributed by atoms with Crippen LogP contribution in [0.5, 0.6) is 0 Å². The zero-order valence-corrected chi connectivity index (χ0v) is 13.2. The van der Waals surface area contributed by atoms with Gasteiger partial charge in [0, 0.05) is 5.69 Å². The highest BCUT2D eigenvalue weighted by Gasteiger charge is 2.19. The van der Waals surface area contributed by atoms with Gasteiger partial charge in [0.05, 0.1) is 17.9 Å². The summed E-state index contributed by atoms with van der Waals surface area (Å²) >= 11 is 0. The van der Waals surface area contributed by atoms with Crippen LogP contribution in [0, 0.1) is 5.82 Å². The van der Waals surface area contributed by atoms with Crippen molar-refractivity contribution in [1.82, 2.24) is 4.98 Å². The van der Waals surface area contributed by atoms with E-state index >= 15 is 0 Å². The number of pyridine rings is 1. The SMILES string of the molecule is CCC(Nc1ccccc1C(C)(C)C)c1ccc(F)cn1. The van der Waals surface area contributed by atoms with Gasteiger partial charge in [0.15, 0.2) is 0 Å². The molecule has 0 aliphatic carbocycles. The minimum absolute atomic E-state index is 0.0676. The predicted octanol–water partition coefficient (Wildman–Crippen LogP) is 5.08. The van der Waals surface area contributed by atoms with E-state index in [0.717, 1.165) is 17.8 Å². The van der Waals surface area contributed by atoms with E-state index < -0.39 is 0 Å². The van der Waals surface area contributed by atoms with Crippen molar-refractivity contribution in [3.63, 3.8) is 0 Å². The van der Waals surface area contributed by atoms with Gasteiger partial charge in [0.25, 0.3) is 0 Å². The lowest BCUT2D eigenvalue weighted by Crippen LogP contribution is -2.18. The number of para-hydroxylation sites is 1. The summed E-state index contributed by atoms with van der Waals surface area (Å²) in [7, 11) is 0. The molecule has 0 fully saturated rings. The molecule has 1 heterocycles. The molecule has 1 unspecified atom stereocenters. The molecule has 0 radical (unpaired) electrons. The van der Waals surface area contributed by atoms with E-state index in [9.17, 15) is 4.39 Å². The van der Waals surface area contributed by atoms with Crippen molar-refractivity contribution >= 4 is 5.69 Å². The maximum absolute atomic E-state index is 13.0. The van der Waals surface area contributed by atoms with Crippen LogP contribution in [0.3, 0.4) is 0 Å². The molecule has 2 rings (SSSR count). The predicted molar refractivity (Wildman–Crippen MR) is 86.0 cm³/mol. The van der Waals surface area contributed by atoms with E-state index in [4.69, 9.17) is 0 Å². The van der Waals surface area contributed by atoms with Gasteiger partial charge in [-0.05, 0) is 35.6 Å². The van der Waals surface area contributed by atoms with Crippen LogP contribution in [-0.4, -0.2) is 4.98 Å². The van der Waals surface area contributed by atoms with Crippen LogP contribution in [0.1, 0.15) is 51.4 Å². The molecule has 0 spiro atoms. The average molecular weight is 286 g/mol. The summed E-state index contributed by atoms with van der Waals surface area (Å²) in [6.45, 7) is 8.70. The number of nitrogens with one attached hydrogen (secondary N) is 1. The van der Waals surface area contributed by atoms with Crippen molar-refractivity contribution in [3.8, 4) is 0 Å². The Bertz CT molecular complexity index is 585. The van der Waals surface area contributed by atoms with Gasteiger partial charge in [-0.3, -0.25) is 4.98 Å². The van der Waals surface area contributed by atoms with Crippen LogP contribution in [0.2, 0.25) is 0 Å². The molecule has 2 nitrogen and oxygen atoms in total. The lowest BCUT2D eigenvalue weighted by molar-refractivity contribution is 0.588. The Kier molecular flexibility index (Phi) is 4.61. The minimum atomic E-state index is -0.302. The molecule has 2 aromatic rings. The molecular weight excluding hydrogens is 263 g/mol. The molecule has 1 atom stereocenters. The van der Waals surface area contributed by atoms with Crippen molar-refractivity contribution < 1.29 is 4.39 Å². The number of halogens is 1. The quantitative estimate of drug-likeness (QED) is 0.847. The van der Waals surface area contributed by atoms with Crippen molar-refractivity contribution in [2.24, 2.45) is 0 Å². The van der Waals surface area contributed by atoms with Crippen molar-refractivity contribution in [2.75, 3.05) is 5.32 Å². The molecule has 0 aliphatic rings. The third-order valence-electron chi connectivity index (χ3n) is 3.58. The Balaban J connectivity index is 2.29. The summed E-state index contributed by atoms with van der Waals surface area (Å²) in [5.74, 6) is -0.302. The summed E-state index contributed by atoms with van der Waals surface area (Å²) in [6.07, 6.45) is 2.16. The number of anilines is 1. The highest BCUT2D eigenvalue weighted by atomic mass is 19.1. The highest BCUT2D eigenvalue weighted by Crippen LogP contribution is 2.32. The molecule has 1 aromatic carbocycles. The second kappa shape index (κ2) is 6.25. The van der Waals surface area contributed by atoms with Crippen molar-refractivity contribution in [2.45, 2.75) is 45.6 Å². The van der Waals surface area contributed by atoms with Gasteiger partial charge >= 0.3 is 0 Å². The second-order valence-electron chi connectivity index (χ2n) is 6.30. The molecule has 0 saturated heterocycles. The smallest absolute Gasteiger partial charge is 0.141 e. The largest absolute Gasteiger partial charge is 0.376 e. The molecule has 0 aliphatic heterocycles. The van der Waals surface area contributed by atoms with Crippen LogP contribution in [-0.2, 0) is 5.41 Å². The topological polar surface area (TPSA) is 24.9 Å². The lowest BCUT2D eigenvalue weighted by atomic mass is 9.85. The third kappa shape index (κ3) is 3.81. The summed E-state index contributed by atoms with van der Waals surface area (Å²) in [5, 5.41) is 3.55. The minimum Gasteiger partial charge on any atom is -0.376 e. The van der Waals surface area contributed by atoms with Gasteiger partial charge in [-0.25, -0.2) is 4.39 Å². The third-order valence-corrected chi connectivity index (χ3v) is 3.58. The first-order valence-electron chi connectivity index (χ1n) is 7.39. The van der Waals surface area contributed by atoms with Gasteiger partial charge in [0.1, 0.15) is 5.82 Å². The number of hydrogen-bond acceptors (Lipinski definition) is 2. The van der Waals surface area contributed by atoms with Gasteiger partial charge in [-0.15, -0.1) is 0 Å². The van der Waals surface area contributed by atoms with E-state index in [-0.39, 0.29) is 17.3 Å². The molecule has 3 heteroatoms. The normalized spacial score (nSPS) is 13.0. The molecule has 1 N–H and O–H groups in total. The number of benzene rings is 1. The second-order valence-corrected chi connectivity index (χ2v) is 6.30. The summed E-state index contributed by atoms with van der Waals surface area (Å²) in [6, 6.07) is 11.6. The molecule has 0 saturated carbocycles. The van der Waals surface area contributed by atoms with Gasteiger partial charge in [0.2, 0.25) is 0 Å². The Labute approximate surface area is 126 Å². The monoisotopic (exact) mass is 286 g/mol. The Morgan fingerprint density at radius 1 is 1.14 bits per heavy atom. The lowest BCUT2D eigenvalue weighted by Gasteiger charge is -2.26. The number of rotatable bonds is 4. The first-order chi connectivity index (χ1) is 9.91. The Hall–Kier alpha value is -1.90.